The summed E-state index contributed by atoms with van der Waals surface area (Å²) < 4.78 is 68.3. The van der Waals surface area contributed by atoms with Crippen molar-refractivity contribution in [1.29, 1.82) is 0 Å². The number of carbonyl (C=O) groups excluding carboxylic acids is 4. The smallest absolute Gasteiger partial charge is 0.462 e. The Morgan fingerprint density at radius 2 is 0.560 bits per heavy atom. The number of ether oxygens (including phenoxy) is 4. The highest BCUT2D eigenvalue weighted by molar-refractivity contribution is 7.47. The lowest BCUT2D eigenvalue weighted by atomic mass is 9.99. The maximum absolute atomic E-state index is 13.0. The summed E-state index contributed by atoms with van der Waals surface area (Å²) in [4.78, 5) is 72.5. The molecule has 0 amide bonds. The normalized spacial score (nSPS) is 14.5. The first-order valence-corrected chi connectivity index (χ1v) is 40.4. The molecule has 0 aliphatic carbocycles. The van der Waals surface area contributed by atoms with Crippen LogP contribution in [0.1, 0.15) is 363 Å². The molecule has 0 radical (unpaired) electrons. The molecule has 0 aliphatic heterocycles. The van der Waals surface area contributed by atoms with Crippen molar-refractivity contribution in [2.75, 3.05) is 39.6 Å². The second kappa shape index (κ2) is 62.8. The highest BCUT2D eigenvalue weighted by Gasteiger charge is 2.30. The average Bonchev–Trinajstić information content (AvgIpc) is 3.11. The molecule has 0 spiro atoms. The molecular formula is C72H140O17P2. The van der Waals surface area contributed by atoms with Gasteiger partial charge in [0.15, 0.2) is 12.2 Å². The van der Waals surface area contributed by atoms with Gasteiger partial charge in [0.2, 0.25) is 0 Å². The van der Waals surface area contributed by atoms with Crippen LogP contribution in [0.2, 0.25) is 0 Å². The van der Waals surface area contributed by atoms with Crippen molar-refractivity contribution in [2.45, 2.75) is 381 Å². The third kappa shape index (κ3) is 65.1. The molecule has 0 heterocycles. The zero-order chi connectivity index (χ0) is 67.3. The SMILES string of the molecule is CCCCCCCCCCCCCCCCCCCCCC(=O)O[C@H](COC(=O)CCCCCCCCCCCCC(C)CC)COP(=O)(O)OC[C@@H](O)COP(=O)(O)OC[C@@H](COC(=O)CCCCCCCCC(C)C)OC(=O)CCCCCCCCC(C)C. The molecule has 0 rings (SSSR count). The summed E-state index contributed by atoms with van der Waals surface area (Å²) in [5.74, 6) is 0.0276. The Morgan fingerprint density at radius 1 is 0.319 bits per heavy atom. The van der Waals surface area contributed by atoms with Crippen molar-refractivity contribution in [3.8, 4) is 0 Å². The molecule has 3 N–H and O–H groups in total. The molecule has 3 unspecified atom stereocenters. The molecule has 0 aromatic heterocycles. The van der Waals surface area contributed by atoms with Gasteiger partial charge in [-0.25, -0.2) is 9.13 Å². The highest BCUT2D eigenvalue weighted by atomic mass is 31.2. The Kier molecular flexibility index (Phi) is 61.5. The Bertz CT molecular complexity index is 1790. The van der Waals surface area contributed by atoms with E-state index in [2.05, 4.69) is 48.5 Å². The first-order valence-electron chi connectivity index (χ1n) is 37.4. The summed E-state index contributed by atoms with van der Waals surface area (Å²) in [5, 5.41) is 10.6. The number of aliphatic hydroxyl groups is 1. The van der Waals surface area contributed by atoms with Crippen LogP contribution in [-0.4, -0.2) is 96.7 Å². The molecule has 0 aliphatic rings. The van der Waals surface area contributed by atoms with Gasteiger partial charge in [-0.1, -0.05) is 312 Å². The number of phosphoric ester groups is 2. The van der Waals surface area contributed by atoms with E-state index in [0.29, 0.717) is 37.5 Å². The van der Waals surface area contributed by atoms with Gasteiger partial charge in [-0.3, -0.25) is 37.3 Å². The van der Waals surface area contributed by atoms with Crippen LogP contribution in [0, 0.1) is 17.8 Å². The lowest BCUT2D eigenvalue weighted by molar-refractivity contribution is -0.161. The number of carbonyl (C=O) groups is 4. The topological polar surface area (TPSA) is 237 Å². The second-order valence-corrected chi connectivity index (χ2v) is 30.1. The van der Waals surface area contributed by atoms with Gasteiger partial charge in [0.05, 0.1) is 26.4 Å². The fourth-order valence-corrected chi connectivity index (χ4v) is 12.4. The standard InChI is InChI=1S/C72H140O17P2/c1-8-10-11-12-13-14-15-16-17-18-19-20-21-22-23-28-31-41-48-55-71(76)88-67(59-82-69(74)53-46-39-30-27-25-24-26-29-38-45-52-65(7)9-2)61-86-90(78,79)84-57-66(73)58-85-91(80,81)87-62-68(89-72(77)56-49-42-35-33-37-44-51-64(5)6)60-83-70(75)54-47-40-34-32-36-43-50-63(3)4/h63-68,73H,8-62H2,1-7H3,(H,78,79)(H,80,81)/t65?,66-,67-,68-/m1/s1. The van der Waals surface area contributed by atoms with Crippen molar-refractivity contribution in [3.05, 3.63) is 0 Å². The lowest BCUT2D eigenvalue weighted by Gasteiger charge is -2.21. The summed E-state index contributed by atoms with van der Waals surface area (Å²) in [5.41, 5.74) is 0. The van der Waals surface area contributed by atoms with Gasteiger partial charge in [0.25, 0.3) is 0 Å². The van der Waals surface area contributed by atoms with Gasteiger partial charge in [-0.05, 0) is 43.4 Å². The van der Waals surface area contributed by atoms with Gasteiger partial charge >= 0.3 is 39.5 Å². The van der Waals surface area contributed by atoms with Crippen molar-refractivity contribution in [1.82, 2.24) is 0 Å². The average molecular weight is 1340 g/mol. The van der Waals surface area contributed by atoms with Crippen LogP contribution in [0.15, 0.2) is 0 Å². The monoisotopic (exact) mass is 1340 g/mol. The van der Waals surface area contributed by atoms with E-state index in [0.717, 1.165) is 102 Å². The predicted octanol–water partition coefficient (Wildman–Crippen LogP) is 20.6. The Labute approximate surface area is 556 Å². The van der Waals surface area contributed by atoms with E-state index in [-0.39, 0.29) is 25.7 Å². The number of phosphoric acid groups is 2. The van der Waals surface area contributed by atoms with E-state index >= 15 is 0 Å². The second-order valence-electron chi connectivity index (χ2n) is 27.2. The van der Waals surface area contributed by atoms with Crippen LogP contribution in [0.4, 0.5) is 0 Å². The van der Waals surface area contributed by atoms with E-state index in [1.807, 2.05) is 0 Å². The fourth-order valence-electron chi connectivity index (χ4n) is 10.9. The van der Waals surface area contributed by atoms with Gasteiger partial charge in [0.1, 0.15) is 19.3 Å². The Balaban J connectivity index is 5.20. The fraction of sp³-hybridized carbons (Fsp3) is 0.944. The van der Waals surface area contributed by atoms with E-state index in [1.165, 1.54) is 167 Å². The van der Waals surface area contributed by atoms with Gasteiger partial charge < -0.3 is 33.8 Å². The molecule has 91 heavy (non-hydrogen) atoms. The number of aliphatic hydroxyl groups excluding tert-OH is 1. The van der Waals surface area contributed by atoms with Crippen molar-refractivity contribution in [2.24, 2.45) is 17.8 Å². The maximum Gasteiger partial charge on any atom is 0.472 e. The van der Waals surface area contributed by atoms with Crippen LogP contribution >= 0.6 is 15.6 Å². The van der Waals surface area contributed by atoms with Crippen LogP contribution in [0.3, 0.4) is 0 Å². The third-order valence-electron chi connectivity index (χ3n) is 17.0. The molecule has 0 aromatic carbocycles. The summed E-state index contributed by atoms with van der Waals surface area (Å²) >= 11 is 0. The molecular weight excluding hydrogens is 1200 g/mol. The zero-order valence-corrected chi connectivity index (χ0v) is 61.1. The maximum atomic E-state index is 13.0. The minimum Gasteiger partial charge on any atom is -0.462 e. The largest absolute Gasteiger partial charge is 0.472 e. The molecule has 0 bridgehead atoms. The van der Waals surface area contributed by atoms with E-state index in [1.54, 1.807) is 0 Å². The number of rotatable bonds is 70. The van der Waals surface area contributed by atoms with Crippen molar-refractivity contribution in [3.63, 3.8) is 0 Å². The highest BCUT2D eigenvalue weighted by Crippen LogP contribution is 2.45. The van der Waals surface area contributed by atoms with Crippen molar-refractivity contribution < 1.29 is 80.2 Å². The van der Waals surface area contributed by atoms with Gasteiger partial charge in [-0.15, -0.1) is 0 Å². The van der Waals surface area contributed by atoms with Crippen LogP contribution in [-0.2, 0) is 65.4 Å². The van der Waals surface area contributed by atoms with E-state index < -0.39 is 97.5 Å². The summed E-state index contributed by atoms with van der Waals surface area (Å²) in [6, 6.07) is 0. The van der Waals surface area contributed by atoms with Gasteiger partial charge in [-0.2, -0.15) is 0 Å². The molecule has 0 saturated carbocycles. The molecule has 0 fully saturated rings. The van der Waals surface area contributed by atoms with Gasteiger partial charge in [0, 0.05) is 25.7 Å². The first-order chi connectivity index (χ1) is 43.8. The number of hydrogen-bond donors (Lipinski definition) is 3. The molecule has 0 saturated heterocycles. The minimum atomic E-state index is -4.95. The van der Waals surface area contributed by atoms with Crippen molar-refractivity contribution >= 4 is 39.5 Å². The third-order valence-corrected chi connectivity index (χ3v) is 18.9. The predicted molar refractivity (Wildman–Crippen MR) is 368 cm³/mol. The van der Waals surface area contributed by atoms with Crippen LogP contribution < -0.4 is 0 Å². The molecule has 19 heteroatoms. The number of esters is 4. The zero-order valence-electron chi connectivity index (χ0n) is 59.3. The number of unbranched alkanes of at least 4 members (excludes halogenated alkanes) is 37. The molecule has 6 atom stereocenters. The summed E-state index contributed by atoms with van der Waals surface area (Å²) in [7, 11) is -9.90. The lowest BCUT2D eigenvalue weighted by Crippen LogP contribution is -2.30. The quantitative estimate of drug-likeness (QED) is 0.0222. The minimum absolute atomic E-state index is 0.101. The van der Waals surface area contributed by atoms with E-state index in [4.69, 9.17) is 37.0 Å². The molecule has 0 aromatic rings. The Hall–Kier alpha value is -1.94. The summed E-state index contributed by atoms with van der Waals surface area (Å²) in [6.45, 7) is 11.7. The first kappa shape index (κ1) is 89.1. The van der Waals surface area contributed by atoms with Crippen LogP contribution in [0.25, 0.3) is 0 Å². The molecule has 540 valence electrons. The van der Waals surface area contributed by atoms with E-state index in [9.17, 15) is 43.2 Å². The summed E-state index contributed by atoms with van der Waals surface area (Å²) in [6.07, 6.45) is 47.6. The number of hydrogen-bond acceptors (Lipinski definition) is 15. The molecule has 17 nitrogen and oxygen atoms in total. The van der Waals surface area contributed by atoms with Crippen LogP contribution in [0.5, 0.6) is 0 Å². The Morgan fingerprint density at radius 3 is 0.835 bits per heavy atom.